The van der Waals surface area contributed by atoms with E-state index in [2.05, 4.69) is 47.1 Å². The van der Waals surface area contributed by atoms with Gasteiger partial charge in [0.05, 0.1) is 10.6 Å². The van der Waals surface area contributed by atoms with Gasteiger partial charge in [-0.3, -0.25) is 10.1 Å². The van der Waals surface area contributed by atoms with Crippen molar-refractivity contribution in [1.29, 1.82) is 0 Å². The lowest BCUT2D eigenvalue weighted by Crippen LogP contribution is -2.02. The molecule has 0 aliphatic heterocycles. The van der Waals surface area contributed by atoms with Crippen LogP contribution in [0.4, 0.5) is 17.2 Å². The van der Waals surface area contributed by atoms with Crippen LogP contribution in [0.25, 0.3) is 0 Å². The second-order valence-corrected chi connectivity index (χ2v) is 5.40. The van der Waals surface area contributed by atoms with Crippen LogP contribution in [-0.2, 0) is 0 Å². The average molecular weight is 408 g/mol. The molecule has 6 nitrogen and oxygen atoms in total. The van der Waals surface area contributed by atoms with E-state index >= 15 is 0 Å². The number of aromatic nitrogens is 2. The Morgan fingerprint density at radius 3 is 2.53 bits per heavy atom. The summed E-state index contributed by atoms with van der Waals surface area (Å²) in [5, 5.41) is 13.7. The van der Waals surface area contributed by atoms with Crippen molar-refractivity contribution in [1.82, 2.24) is 9.97 Å². The molecule has 1 aromatic heterocycles. The Bertz CT molecular complexity index is 633. The summed E-state index contributed by atoms with van der Waals surface area (Å²) >= 11 is 12.4. The number of rotatable bonds is 3. The second-order valence-electron chi connectivity index (χ2n) is 3.35. The first-order valence-corrected chi connectivity index (χ1v) is 6.83. The molecule has 0 radical (unpaired) electrons. The maximum atomic E-state index is 10.9. The van der Waals surface area contributed by atoms with Gasteiger partial charge in [0, 0.05) is 8.95 Å². The zero-order valence-electron chi connectivity index (χ0n) is 9.10. The molecule has 1 aromatic carbocycles. The average Bonchev–Trinajstić information content (AvgIpc) is 2.33. The van der Waals surface area contributed by atoms with Gasteiger partial charge in [0.15, 0.2) is 0 Å². The minimum Gasteiger partial charge on any atom is -0.332 e. The van der Waals surface area contributed by atoms with Crippen LogP contribution in [0, 0.1) is 10.1 Å². The third kappa shape index (κ3) is 3.20. The Kier molecular flexibility index (Phi) is 4.33. The topological polar surface area (TPSA) is 81.0 Å². The van der Waals surface area contributed by atoms with Crippen LogP contribution in [0.3, 0.4) is 0 Å². The lowest BCUT2D eigenvalue weighted by Gasteiger charge is -2.09. The molecule has 9 heteroatoms. The number of benzene rings is 1. The molecule has 0 amide bonds. The number of nitro groups is 1. The van der Waals surface area contributed by atoms with Gasteiger partial charge in [0.1, 0.15) is 6.20 Å². The molecule has 0 spiro atoms. The summed E-state index contributed by atoms with van der Waals surface area (Å²) in [6, 6.07) is 5.41. The summed E-state index contributed by atoms with van der Waals surface area (Å²) in [7, 11) is 0. The fraction of sp³-hybridized carbons (Fsp3) is 0. The molecule has 98 valence electrons. The molecule has 1 N–H and O–H groups in total. The number of hydrogen-bond acceptors (Lipinski definition) is 5. The fourth-order valence-electron chi connectivity index (χ4n) is 1.32. The van der Waals surface area contributed by atoms with Gasteiger partial charge >= 0.3 is 5.69 Å². The molecule has 19 heavy (non-hydrogen) atoms. The van der Waals surface area contributed by atoms with Gasteiger partial charge in [-0.25, -0.2) is 4.98 Å². The molecule has 0 bridgehead atoms. The molecule has 0 saturated carbocycles. The second kappa shape index (κ2) is 5.81. The SMILES string of the molecule is O=[N+]([O-])c1cnc(Cl)nc1Nc1c(Br)cccc1Br. The standard InChI is InChI=1S/C10H5Br2ClN4O2/c11-5-2-1-3-6(12)8(5)15-9-7(17(18)19)4-14-10(13)16-9/h1-4H,(H,14,15,16). The van der Waals surface area contributed by atoms with E-state index in [1.54, 1.807) is 12.1 Å². The van der Waals surface area contributed by atoms with E-state index in [0.29, 0.717) is 5.69 Å². The number of para-hydroxylation sites is 1. The van der Waals surface area contributed by atoms with Crippen molar-refractivity contribution >= 4 is 60.7 Å². The van der Waals surface area contributed by atoms with E-state index in [4.69, 9.17) is 11.6 Å². The Morgan fingerprint density at radius 1 is 1.32 bits per heavy atom. The van der Waals surface area contributed by atoms with Gasteiger partial charge in [-0.1, -0.05) is 6.07 Å². The molecule has 0 aliphatic carbocycles. The monoisotopic (exact) mass is 406 g/mol. The maximum Gasteiger partial charge on any atom is 0.329 e. The third-order valence-corrected chi connectivity index (χ3v) is 3.65. The van der Waals surface area contributed by atoms with Crippen LogP contribution in [0.1, 0.15) is 0 Å². The molecule has 2 rings (SSSR count). The van der Waals surface area contributed by atoms with Gasteiger partial charge in [-0.2, -0.15) is 4.98 Å². The van der Waals surface area contributed by atoms with E-state index in [-0.39, 0.29) is 16.8 Å². The van der Waals surface area contributed by atoms with Crippen LogP contribution in [0.2, 0.25) is 5.28 Å². The van der Waals surface area contributed by atoms with Gasteiger partial charge in [0.2, 0.25) is 11.1 Å². The highest BCUT2D eigenvalue weighted by atomic mass is 79.9. The largest absolute Gasteiger partial charge is 0.332 e. The van der Waals surface area contributed by atoms with Crippen LogP contribution >= 0.6 is 43.5 Å². The van der Waals surface area contributed by atoms with Gasteiger partial charge in [-0.15, -0.1) is 0 Å². The van der Waals surface area contributed by atoms with Crippen LogP contribution in [0.5, 0.6) is 0 Å². The normalized spacial score (nSPS) is 10.3. The molecule has 0 aliphatic rings. The van der Waals surface area contributed by atoms with Gasteiger partial charge in [0.25, 0.3) is 0 Å². The van der Waals surface area contributed by atoms with E-state index in [0.717, 1.165) is 15.1 Å². The van der Waals surface area contributed by atoms with Crippen molar-refractivity contribution in [3.05, 3.63) is 48.7 Å². The highest BCUT2D eigenvalue weighted by molar-refractivity contribution is 9.11. The first-order chi connectivity index (χ1) is 8.99. The first kappa shape index (κ1) is 14.2. The molecule has 0 unspecified atom stereocenters. The van der Waals surface area contributed by atoms with E-state index < -0.39 is 4.92 Å². The number of hydrogen-bond donors (Lipinski definition) is 1. The van der Waals surface area contributed by atoms with Crippen LogP contribution in [0.15, 0.2) is 33.3 Å². The first-order valence-electron chi connectivity index (χ1n) is 4.87. The highest BCUT2D eigenvalue weighted by Gasteiger charge is 2.18. The van der Waals surface area contributed by atoms with Crippen molar-refractivity contribution in [3.8, 4) is 0 Å². The van der Waals surface area contributed by atoms with Crippen LogP contribution < -0.4 is 5.32 Å². The summed E-state index contributed by atoms with van der Waals surface area (Å²) in [5.41, 5.74) is 0.354. The molecule has 0 fully saturated rings. The van der Waals surface area contributed by atoms with Crippen LogP contribution in [-0.4, -0.2) is 14.9 Å². The third-order valence-electron chi connectivity index (χ3n) is 2.14. The van der Waals surface area contributed by atoms with Gasteiger partial charge < -0.3 is 5.32 Å². The number of nitrogens with one attached hydrogen (secondary N) is 1. The smallest absolute Gasteiger partial charge is 0.329 e. The Balaban J connectivity index is 2.49. The quantitative estimate of drug-likeness (QED) is 0.465. The van der Waals surface area contributed by atoms with E-state index in [9.17, 15) is 10.1 Å². The number of nitrogens with zero attached hydrogens (tertiary/aromatic N) is 3. The zero-order chi connectivity index (χ0) is 14.0. The van der Waals surface area contributed by atoms with Gasteiger partial charge in [-0.05, 0) is 55.6 Å². The molecule has 0 atom stereocenters. The molecular formula is C10H5Br2ClN4O2. The summed E-state index contributed by atoms with van der Waals surface area (Å²) < 4.78 is 1.46. The van der Waals surface area contributed by atoms with Crippen molar-refractivity contribution in [2.75, 3.05) is 5.32 Å². The Hall–Kier alpha value is -1.25. The van der Waals surface area contributed by atoms with Crippen molar-refractivity contribution in [3.63, 3.8) is 0 Å². The minimum absolute atomic E-state index is 0.0256. The number of halogens is 3. The van der Waals surface area contributed by atoms with Crippen molar-refractivity contribution < 1.29 is 4.92 Å². The zero-order valence-corrected chi connectivity index (χ0v) is 13.0. The summed E-state index contributed by atoms with van der Waals surface area (Å²) in [6.45, 7) is 0. The lowest BCUT2D eigenvalue weighted by molar-refractivity contribution is -0.384. The van der Waals surface area contributed by atoms with Crippen molar-refractivity contribution in [2.45, 2.75) is 0 Å². The molecule has 2 aromatic rings. The molecule has 0 saturated heterocycles. The minimum atomic E-state index is -0.580. The highest BCUT2D eigenvalue weighted by Crippen LogP contribution is 2.35. The summed E-state index contributed by atoms with van der Waals surface area (Å²) in [4.78, 5) is 17.8. The summed E-state index contributed by atoms with van der Waals surface area (Å²) in [6.07, 6.45) is 1.06. The molecule has 1 heterocycles. The Labute approximate surface area is 129 Å². The lowest BCUT2D eigenvalue weighted by atomic mass is 10.3. The predicted molar refractivity (Wildman–Crippen MR) is 78.8 cm³/mol. The summed E-state index contributed by atoms with van der Waals surface area (Å²) in [5.74, 6) is 0.0256. The number of anilines is 2. The Morgan fingerprint density at radius 2 is 1.95 bits per heavy atom. The van der Waals surface area contributed by atoms with E-state index in [1.165, 1.54) is 0 Å². The fourth-order valence-corrected chi connectivity index (χ4v) is 2.65. The molecular weight excluding hydrogens is 403 g/mol. The maximum absolute atomic E-state index is 10.9. The predicted octanol–water partition coefficient (Wildman–Crippen LogP) is 4.31. The van der Waals surface area contributed by atoms with E-state index in [1.807, 2.05) is 6.07 Å². The van der Waals surface area contributed by atoms with Crippen molar-refractivity contribution in [2.24, 2.45) is 0 Å².